The van der Waals surface area contributed by atoms with Gasteiger partial charge in [-0.05, 0) is 44.2 Å². The minimum absolute atomic E-state index is 0.111. The van der Waals surface area contributed by atoms with E-state index in [9.17, 15) is 4.79 Å². The number of anilines is 1. The summed E-state index contributed by atoms with van der Waals surface area (Å²) in [5.74, 6) is 0.619. The van der Waals surface area contributed by atoms with Gasteiger partial charge in [0.05, 0.1) is 5.69 Å². The molecule has 3 saturated heterocycles. The van der Waals surface area contributed by atoms with Crippen LogP contribution in [0.5, 0.6) is 0 Å². The molecule has 6 heteroatoms. The lowest BCUT2D eigenvalue weighted by atomic mass is 9.97. The molecule has 3 aliphatic rings. The van der Waals surface area contributed by atoms with E-state index in [4.69, 9.17) is 4.42 Å². The van der Waals surface area contributed by atoms with E-state index in [1.807, 2.05) is 6.07 Å². The monoisotopic (exact) mass is 340 g/mol. The van der Waals surface area contributed by atoms with E-state index >= 15 is 0 Å². The van der Waals surface area contributed by atoms with E-state index in [0.717, 1.165) is 43.0 Å². The summed E-state index contributed by atoms with van der Waals surface area (Å²) in [6.07, 6.45) is 8.27. The highest BCUT2D eigenvalue weighted by Crippen LogP contribution is 2.32. The largest absolute Gasteiger partial charge is 0.460 e. The van der Waals surface area contributed by atoms with E-state index in [1.165, 1.54) is 32.4 Å². The van der Waals surface area contributed by atoms with Gasteiger partial charge < -0.3 is 19.5 Å². The number of hydrogen-bond acceptors (Lipinski definition) is 5. The summed E-state index contributed by atoms with van der Waals surface area (Å²) in [4.78, 5) is 21.9. The van der Waals surface area contributed by atoms with Gasteiger partial charge >= 0.3 is 0 Å². The van der Waals surface area contributed by atoms with Gasteiger partial charge in [0.2, 0.25) is 0 Å². The SMILES string of the molecule is O=C(N[C@@H]1C[C@H]2CCN(C2)C1)c1nccc2c(N3CCCC3)coc12. The highest BCUT2D eigenvalue weighted by Gasteiger charge is 2.33. The van der Waals surface area contributed by atoms with E-state index in [2.05, 4.69) is 20.1 Å². The number of hydrogen-bond donors (Lipinski definition) is 1. The number of carbonyl (C=O) groups is 1. The second kappa shape index (κ2) is 6.02. The number of piperidine rings is 1. The lowest BCUT2D eigenvalue weighted by molar-refractivity contribution is 0.0905. The van der Waals surface area contributed by atoms with Gasteiger partial charge in [0.25, 0.3) is 5.91 Å². The first-order valence-corrected chi connectivity index (χ1v) is 9.42. The topological polar surface area (TPSA) is 61.6 Å². The molecular formula is C19H24N4O2. The summed E-state index contributed by atoms with van der Waals surface area (Å²) >= 11 is 0. The molecule has 25 heavy (non-hydrogen) atoms. The third-order valence-corrected chi connectivity index (χ3v) is 5.93. The van der Waals surface area contributed by atoms with Gasteiger partial charge in [-0.25, -0.2) is 4.98 Å². The van der Waals surface area contributed by atoms with Crippen LogP contribution in [0, 0.1) is 5.92 Å². The van der Waals surface area contributed by atoms with Crippen LogP contribution >= 0.6 is 0 Å². The standard InChI is InChI=1S/C19H24N4O2/c24-19(21-14-9-13-4-8-22(10-13)11-14)17-18-15(3-5-20-17)16(12-25-18)23-6-1-2-7-23/h3,5,12-14H,1-2,4,6-11H2,(H,21,24)/t13-,14-/m1/s1. The molecule has 0 radical (unpaired) electrons. The fraction of sp³-hybridized carbons (Fsp3) is 0.579. The van der Waals surface area contributed by atoms with Crippen LogP contribution < -0.4 is 10.2 Å². The zero-order valence-electron chi connectivity index (χ0n) is 14.4. The van der Waals surface area contributed by atoms with E-state index < -0.39 is 0 Å². The molecular weight excluding hydrogens is 316 g/mol. The number of amides is 1. The molecule has 5 rings (SSSR count). The zero-order chi connectivity index (χ0) is 16.8. The number of carbonyl (C=O) groups excluding carboxylic acids is 1. The molecule has 5 heterocycles. The van der Waals surface area contributed by atoms with Gasteiger partial charge in [-0.3, -0.25) is 4.79 Å². The molecule has 0 aliphatic carbocycles. The average molecular weight is 340 g/mol. The van der Waals surface area contributed by atoms with Crippen molar-refractivity contribution >= 4 is 22.6 Å². The smallest absolute Gasteiger partial charge is 0.274 e. The van der Waals surface area contributed by atoms with Crippen molar-refractivity contribution in [2.75, 3.05) is 37.6 Å². The third-order valence-electron chi connectivity index (χ3n) is 5.93. The molecule has 132 valence electrons. The van der Waals surface area contributed by atoms with E-state index in [0.29, 0.717) is 11.3 Å². The molecule has 2 bridgehead atoms. The fourth-order valence-corrected chi connectivity index (χ4v) is 4.73. The summed E-state index contributed by atoms with van der Waals surface area (Å²) in [7, 11) is 0. The Balaban J connectivity index is 1.39. The summed E-state index contributed by atoms with van der Waals surface area (Å²) in [6, 6.07) is 2.18. The maximum absolute atomic E-state index is 12.8. The molecule has 3 aliphatic heterocycles. The number of nitrogens with zero attached hydrogens (tertiary/aromatic N) is 3. The normalized spacial score (nSPS) is 28.6. The highest BCUT2D eigenvalue weighted by atomic mass is 16.3. The van der Waals surface area contributed by atoms with Crippen molar-refractivity contribution in [3.05, 3.63) is 24.2 Å². The number of furan rings is 1. The molecule has 1 amide bonds. The Labute approximate surface area is 147 Å². The van der Waals surface area contributed by atoms with Crippen LogP contribution in [-0.2, 0) is 0 Å². The van der Waals surface area contributed by atoms with Crippen molar-refractivity contribution in [2.24, 2.45) is 5.92 Å². The van der Waals surface area contributed by atoms with Crippen molar-refractivity contribution in [1.29, 1.82) is 0 Å². The second-order valence-corrected chi connectivity index (χ2v) is 7.67. The molecule has 2 aromatic heterocycles. The lowest BCUT2D eigenvalue weighted by Crippen LogP contribution is -2.47. The predicted molar refractivity (Wildman–Crippen MR) is 95.9 cm³/mol. The molecule has 6 nitrogen and oxygen atoms in total. The summed E-state index contributed by atoms with van der Waals surface area (Å²) in [6.45, 7) is 5.42. The van der Waals surface area contributed by atoms with Gasteiger partial charge in [0.15, 0.2) is 11.3 Å². The molecule has 3 fully saturated rings. The van der Waals surface area contributed by atoms with Crippen LogP contribution in [0.25, 0.3) is 11.0 Å². The molecule has 0 saturated carbocycles. The van der Waals surface area contributed by atoms with Gasteiger partial charge in [0.1, 0.15) is 6.26 Å². The van der Waals surface area contributed by atoms with Crippen molar-refractivity contribution in [3.63, 3.8) is 0 Å². The third kappa shape index (κ3) is 2.68. The number of aromatic nitrogens is 1. The van der Waals surface area contributed by atoms with Crippen molar-refractivity contribution in [1.82, 2.24) is 15.2 Å². The number of nitrogens with one attached hydrogen (secondary N) is 1. The summed E-state index contributed by atoms with van der Waals surface area (Å²) in [5, 5.41) is 4.19. The number of pyridine rings is 1. The Hall–Kier alpha value is -2.08. The fourth-order valence-electron chi connectivity index (χ4n) is 4.73. The highest BCUT2D eigenvalue weighted by molar-refractivity contribution is 6.06. The molecule has 3 atom stereocenters. The van der Waals surface area contributed by atoms with Crippen molar-refractivity contribution in [2.45, 2.75) is 31.7 Å². The maximum Gasteiger partial charge on any atom is 0.274 e. The first-order chi connectivity index (χ1) is 12.3. The minimum atomic E-state index is -0.111. The van der Waals surface area contributed by atoms with Crippen molar-refractivity contribution in [3.8, 4) is 0 Å². The predicted octanol–water partition coefficient (Wildman–Crippen LogP) is 2.25. The summed E-state index contributed by atoms with van der Waals surface area (Å²) < 4.78 is 5.78. The van der Waals surface area contributed by atoms with Crippen LogP contribution in [0.1, 0.15) is 36.2 Å². The zero-order valence-corrected chi connectivity index (χ0v) is 14.4. The van der Waals surface area contributed by atoms with Gasteiger partial charge in [0, 0.05) is 43.8 Å². The van der Waals surface area contributed by atoms with Crippen LogP contribution in [0.3, 0.4) is 0 Å². The second-order valence-electron chi connectivity index (χ2n) is 7.67. The Bertz CT molecular complexity index is 784. The van der Waals surface area contributed by atoms with Crippen LogP contribution in [0.15, 0.2) is 22.9 Å². The quantitative estimate of drug-likeness (QED) is 0.929. The van der Waals surface area contributed by atoms with E-state index in [-0.39, 0.29) is 11.9 Å². The maximum atomic E-state index is 12.8. The number of rotatable bonds is 3. The van der Waals surface area contributed by atoms with Crippen LogP contribution in [0.4, 0.5) is 5.69 Å². The van der Waals surface area contributed by atoms with Gasteiger partial charge in [-0.15, -0.1) is 0 Å². The van der Waals surface area contributed by atoms with Crippen molar-refractivity contribution < 1.29 is 9.21 Å². The molecule has 2 aromatic rings. The Morgan fingerprint density at radius 2 is 2.12 bits per heavy atom. The first kappa shape index (κ1) is 15.2. The molecule has 1 unspecified atom stereocenters. The molecule has 0 spiro atoms. The Morgan fingerprint density at radius 3 is 2.96 bits per heavy atom. The van der Waals surface area contributed by atoms with Gasteiger partial charge in [-0.2, -0.15) is 0 Å². The average Bonchev–Trinajstić information content (AvgIpc) is 3.34. The van der Waals surface area contributed by atoms with Gasteiger partial charge in [-0.1, -0.05) is 0 Å². The van der Waals surface area contributed by atoms with Crippen LogP contribution in [-0.4, -0.2) is 54.6 Å². The first-order valence-electron chi connectivity index (χ1n) is 9.42. The van der Waals surface area contributed by atoms with Crippen LogP contribution in [0.2, 0.25) is 0 Å². The molecule has 1 N–H and O–H groups in total. The molecule has 0 aromatic carbocycles. The Kier molecular flexibility index (Phi) is 3.66. The number of fused-ring (bicyclic) bond motifs is 3. The van der Waals surface area contributed by atoms with E-state index in [1.54, 1.807) is 12.5 Å². The summed E-state index contributed by atoms with van der Waals surface area (Å²) in [5.41, 5.74) is 2.11. The lowest BCUT2D eigenvalue weighted by Gasteiger charge is -2.30. The Morgan fingerprint density at radius 1 is 1.24 bits per heavy atom. The minimum Gasteiger partial charge on any atom is -0.460 e.